The summed E-state index contributed by atoms with van der Waals surface area (Å²) in [6.07, 6.45) is 4.20. The molecule has 1 saturated carbocycles. The molecule has 0 spiro atoms. The molecule has 1 aromatic heterocycles. The molecule has 2 unspecified atom stereocenters. The van der Waals surface area contributed by atoms with Crippen LogP contribution in [0.25, 0.3) is 11.5 Å². The summed E-state index contributed by atoms with van der Waals surface area (Å²) in [5.74, 6) is 1.78. The molecule has 0 aliphatic heterocycles. The Morgan fingerprint density at radius 1 is 1.45 bits per heavy atom. The fourth-order valence-corrected chi connectivity index (χ4v) is 3.36. The molecule has 3 rings (SSSR count). The van der Waals surface area contributed by atoms with E-state index >= 15 is 0 Å². The van der Waals surface area contributed by atoms with Crippen molar-refractivity contribution < 1.29 is 4.52 Å². The summed E-state index contributed by atoms with van der Waals surface area (Å²) in [7, 11) is 0. The normalized spacial score (nSPS) is 26.6. The first-order valence-electron chi connectivity index (χ1n) is 6.96. The molecule has 106 valence electrons. The van der Waals surface area contributed by atoms with Crippen molar-refractivity contribution in [3.63, 3.8) is 0 Å². The molecule has 0 amide bonds. The van der Waals surface area contributed by atoms with Crippen molar-refractivity contribution in [1.82, 2.24) is 10.1 Å². The van der Waals surface area contributed by atoms with Crippen LogP contribution in [0, 0.1) is 5.92 Å². The van der Waals surface area contributed by atoms with Gasteiger partial charge in [0.25, 0.3) is 5.89 Å². The molecule has 0 saturated heterocycles. The number of aromatic nitrogens is 2. The standard InChI is InChI=1S/C15H18BrN3O/c1-10-4-3-7-15(17,9-10)14-18-13(20-19-14)11-5-2-6-12(16)8-11/h2,5-6,8,10H,3-4,7,9,17H2,1H3. The second kappa shape index (κ2) is 5.30. The van der Waals surface area contributed by atoms with Crippen molar-refractivity contribution in [3.8, 4) is 11.5 Å². The third kappa shape index (κ3) is 2.65. The van der Waals surface area contributed by atoms with E-state index in [2.05, 4.69) is 33.0 Å². The first-order chi connectivity index (χ1) is 9.57. The lowest BCUT2D eigenvalue weighted by molar-refractivity contribution is 0.222. The van der Waals surface area contributed by atoms with Crippen LogP contribution in [0.15, 0.2) is 33.3 Å². The predicted molar refractivity (Wildman–Crippen MR) is 80.9 cm³/mol. The number of nitrogens with two attached hydrogens (primary N) is 1. The van der Waals surface area contributed by atoms with Gasteiger partial charge in [0.1, 0.15) is 0 Å². The summed E-state index contributed by atoms with van der Waals surface area (Å²) < 4.78 is 6.39. The van der Waals surface area contributed by atoms with Gasteiger partial charge in [0, 0.05) is 10.0 Å². The lowest BCUT2D eigenvalue weighted by Crippen LogP contribution is -2.42. The molecule has 1 aromatic carbocycles. The van der Waals surface area contributed by atoms with E-state index < -0.39 is 5.54 Å². The SMILES string of the molecule is CC1CCCC(N)(c2noc(-c3cccc(Br)c3)n2)C1. The number of nitrogens with zero attached hydrogens (tertiary/aromatic N) is 2. The van der Waals surface area contributed by atoms with E-state index in [0.717, 1.165) is 29.3 Å². The van der Waals surface area contributed by atoms with Crippen LogP contribution in [0.5, 0.6) is 0 Å². The smallest absolute Gasteiger partial charge is 0.258 e. The van der Waals surface area contributed by atoms with Crippen LogP contribution in [-0.2, 0) is 5.54 Å². The van der Waals surface area contributed by atoms with Crippen molar-refractivity contribution in [2.45, 2.75) is 38.1 Å². The van der Waals surface area contributed by atoms with E-state index in [9.17, 15) is 0 Å². The summed E-state index contributed by atoms with van der Waals surface area (Å²) in [5, 5.41) is 4.13. The van der Waals surface area contributed by atoms with E-state index in [1.807, 2.05) is 24.3 Å². The van der Waals surface area contributed by atoms with Crippen molar-refractivity contribution in [2.24, 2.45) is 11.7 Å². The van der Waals surface area contributed by atoms with Gasteiger partial charge in [-0.3, -0.25) is 0 Å². The van der Waals surface area contributed by atoms with Gasteiger partial charge in [-0.25, -0.2) is 0 Å². The van der Waals surface area contributed by atoms with Gasteiger partial charge in [0.05, 0.1) is 5.54 Å². The van der Waals surface area contributed by atoms with E-state index in [4.69, 9.17) is 10.3 Å². The highest BCUT2D eigenvalue weighted by Crippen LogP contribution is 2.37. The Balaban J connectivity index is 1.90. The number of hydrogen-bond donors (Lipinski definition) is 1. The summed E-state index contributed by atoms with van der Waals surface area (Å²) in [4.78, 5) is 4.53. The molecule has 0 radical (unpaired) electrons. The van der Waals surface area contributed by atoms with Gasteiger partial charge in [-0.2, -0.15) is 4.98 Å². The topological polar surface area (TPSA) is 64.9 Å². The number of hydrogen-bond acceptors (Lipinski definition) is 4. The minimum atomic E-state index is -0.439. The number of rotatable bonds is 2. The maximum absolute atomic E-state index is 6.50. The zero-order valence-electron chi connectivity index (χ0n) is 11.5. The van der Waals surface area contributed by atoms with Crippen LogP contribution < -0.4 is 5.73 Å². The highest BCUT2D eigenvalue weighted by Gasteiger charge is 2.37. The molecule has 2 aromatic rings. The van der Waals surface area contributed by atoms with Gasteiger partial charge in [-0.15, -0.1) is 0 Å². The van der Waals surface area contributed by atoms with Crippen molar-refractivity contribution in [3.05, 3.63) is 34.6 Å². The Labute approximate surface area is 126 Å². The lowest BCUT2D eigenvalue weighted by atomic mass is 9.76. The number of benzene rings is 1. The van der Waals surface area contributed by atoms with Crippen LogP contribution in [0.4, 0.5) is 0 Å². The molecule has 0 bridgehead atoms. The Morgan fingerprint density at radius 3 is 3.05 bits per heavy atom. The van der Waals surface area contributed by atoms with Gasteiger partial charge in [0.15, 0.2) is 5.82 Å². The first-order valence-corrected chi connectivity index (χ1v) is 7.75. The van der Waals surface area contributed by atoms with Gasteiger partial charge in [-0.1, -0.05) is 46.9 Å². The van der Waals surface area contributed by atoms with Gasteiger partial charge >= 0.3 is 0 Å². The summed E-state index contributed by atoms with van der Waals surface area (Å²) in [6, 6.07) is 7.83. The molecule has 4 nitrogen and oxygen atoms in total. The van der Waals surface area contributed by atoms with Crippen LogP contribution in [0.2, 0.25) is 0 Å². The third-order valence-corrected chi connectivity index (χ3v) is 4.47. The third-order valence-electron chi connectivity index (χ3n) is 3.98. The van der Waals surface area contributed by atoms with Crippen LogP contribution in [0.1, 0.15) is 38.4 Å². The minimum Gasteiger partial charge on any atom is -0.334 e. The second-order valence-electron chi connectivity index (χ2n) is 5.79. The molecular weight excluding hydrogens is 318 g/mol. The Bertz CT molecular complexity index is 613. The fourth-order valence-electron chi connectivity index (χ4n) is 2.96. The average molecular weight is 336 g/mol. The van der Waals surface area contributed by atoms with E-state index in [-0.39, 0.29) is 0 Å². The zero-order chi connectivity index (χ0) is 14.2. The quantitative estimate of drug-likeness (QED) is 0.904. The molecule has 20 heavy (non-hydrogen) atoms. The van der Waals surface area contributed by atoms with Crippen LogP contribution in [0.3, 0.4) is 0 Å². The lowest BCUT2D eigenvalue weighted by Gasteiger charge is -2.33. The van der Waals surface area contributed by atoms with Crippen molar-refractivity contribution >= 4 is 15.9 Å². The average Bonchev–Trinajstić information content (AvgIpc) is 2.88. The minimum absolute atomic E-state index is 0.439. The van der Waals surface area contributed by atoms with E-state index in [0.29, 0.717) is 17.6 Å². The Kier molecular flexibility index (Phi) is 3.65. The maximum atomic E-state index is 6.50. The van der Waals surface area contributed by atoms with Gasteiger partial charge in [-0.05, 0) is 37.0 Å². The molecule has 5 heteroatoms. The zero-order valence-corrected chi connectivity index (χ0v) is 13.1. The summed E-state index contributed by atoms with van der Waals surface area (Å²) in [5.41, 5.74) is 6.97. The first kappa shape index (κ1) is 13.8. The molecule has 1 aliphatic rings. The second-order valence-corrected chi connectivity index (χ2v) is 6.71. The Morgan fingerprint density at radius 2 is 2.30 bits per heavy atom. The molecule has 1 aliphatic carbocycles. The summed E-state index contributed by atoms with van der Waals surface area (Å²) >= 11 is 3.45. The van der Waals surface area contributed by atoms with Gasteiger partial charge < -0.3 is 10.3 Å². The maximum Gasteiger partial charge on any atom is 0.258 e. The number of halogens is 1. The highest BCUT2D eigenvalue weighted by atomic mass is 79.9. The Hall–Kier alpha value is -1.20. The molecule has 1 heterocycles. The van der Waals surface area contributed by atoms with Crippen molar-refractivity contribution in [1.29, 1.82) is 0 Å². The molecule has 1 fully saturated rings. The van der Waals surface area contributed by atoms with Gasteiger partial charge in [0.2, 0.25) is 0 Å². The molecule has 2 atom stereocenters. The molecular formula is C15H18BrN3O. The molecule has 2 N–H and O–H groups in total. The van der Waals surface area contributed by atoms with Crippen LogP contribution >= 0.6 is 15.9 Å². The fraction of sp³-hybridized carbons (Fsp3) is 0.467. The monoisotopic (exact) mass is 335 g/mol. The largest absolute Gasteiger partial charge is 0.334 e. The summed E-state index contributed by atoms with van der Waals surface area (Å²) in [6.45, 7) is 2.23. The highest BCUT2D eigenvalue weighted by molar-refractivity contribution is 9.10. The predicted octanol–water partition coefficient (Wildman–Crippen LogP) is 3.86. The van der Waals surface area contributed by atoms with Crippen LogP contribution in [-0.4, -0.2) is 10.1 Å². The van der Waals surface area contributed by atoms with E-state index in [1.165, 1.54) is 6.42 Å². The van der Waals surface area contributed by atoms with Crippen molar-refractivity contribution in [2.75, 3.05) is 0 Å². The van der Waals surface area contributed by atoms with E-state index in [1.54, 1.807) is 0 Å².